The Morgan fingerprint density at radius 2 is 0.655 bits per heavy atom. The molecule has 0 saturated carbocycles. The smallest absolute Gasteiger partial charge is 0.306 e. The van der Waals surface area contributed by atoms with Crippen LogP contribution in [-0.2, 0) is 33.3 Å². The van der Waals surface area contributed by atoms with Crippen molar-refractivity contribution in [1.82, 2.24) is 0 Å². The van der Waals surface area contributed by atoms with Crippen LogP contribution in [0.3, 0.4) is 0 Å². The number of hydrogen-bond donors (Lipinski definition) is 0. The van der Waals surface area contributed by atoms with Gasteiger partial charge in [-0.1, -0.05) is 289 Å². The normalized spacial score (nSPS) is 13.5. The van der Waals surface area contributed by atoms with E-state index < -0.39 is 24.3 Å². The number of aliphatic carboxylic acids is 1. The molecule has 0 aliphatic carbocycles. The number of carbonyl (C=O) groups is 3. The summed E-state index contributed by atoms with van der Waals surface area (Å²) in [6.07, 6.45) is 93.8. The summed E-state index contributed by atoms with van der Waals surface area (Å²) in [6, 6.07) is 0. The van der Waals surface area contributed by atoms with E-state index in [4.69, 9.17) is 18.9 Å². The molecule has 0 aliphatic heterocycles. The van der Waals surface area contributed by atoms with Crippen LogP contribution in [0.2, 0.25) is 0 Å². The van der Waals surface area contributed by atoms with Gasteiger partial charge in [-0.05, 0) is 116 Å². The van der Waals surface area contributed by atoms with Gasteiger partial charge in [0.1, 0.15) is 13.2 Å². The molecule has 496 valence electrons. The van der Waals surface area contributed by atoms with Crippen molar-refractivity contribution in [3.05, 3.63) is 134 Å². The van der Waals surface area contributed by atoms with Gasteiger partial charge in [-0.15, -0.1) is 0 Å². The number of hydrogen-bond acceptors (Lipinski definition) is 8. The number of likely N-dealkylation sites (N-methyl/N-ethyl adjacent to an activating group) is 1. The van der Waals surface area contributed by atoms with Gasteiger partial charge in [0.2, 0.25) is 0 Å². The van der Waals surface area contributed by atoms with Crippen LogP contribution in [-0.4, -0.2) is 82.3 Å². The third-order valence-electron chi connectivity index (χ3n) is 14.9. The van der Waals surface area contributed by atoms with Crippen molar-refractivity contribution in [2.24, 2.45) is 0 Å². The lowest BCUT2D eigenvalue weighted by molar-refractivity contribution is -0.870. The highest BCUT2D eigenvalue weighted by atomic mass is 16.7. The highest BCUT2D eigenvalue weighted by Gasteiger charge is 2.22. The minimum absolute atomic E-state index is 0.140. The topological polar surface area (TPSA) is 111 Å². The number of carboxylic acid groups (broad SMARTS) is 1. The lowest BCUT2D eigenvalue weighted by Crippen LogP contribution is -2.44. The fourth-order valence-electron chi connectivity index (χ4n) is 9.50. The molecule has 9 nitrogen and oxygen atoms in total. The Hall–Kier alpha value is -4.57. The lowest BCUT2D eigenvalue weighted by Gasteiger charge is -2.26. The zero-order valence-corrected chi connectivity index (χ0v) is 56.6. The maximum Gasteiger partial charge on any atom is 0.306 e. The molecular weight excluding hydrogens is 1080 g/mol. The molecule has 0 aromatic carbocycles. The van der Waals surface area contributed by atoms with Gasteiger partial charge in [0.25, 0.3) is 0 Å². The standard InChI is InChI=1S/C78H131NO8/c1-6-8-10-12-14-16-18-20-22-24-26-28-30-32-34-36-37-38-39-41-43-45-47-49-51-53-55-57-59-61-63-65-67-69-76(81)87-74(73-86-78(77(82)83)84-71-70-79(3,4)5)72-85-75(80)68-66-64-62-60-58-56-54-52-50-48-46-44-42-40-35-33-31-29-27-25-23-21-19-17-15-13-11-9-7-2/h8,10,14,16,19-22,25-28,31-34,37-38,41,43,47,49,74,78H,6-7,9,11-13,15,17-18,23-24,29-30,35-36,39-40,42,44-46,48,50-73H2,1-5H3/b10-8-,16-14-,21-19-,22-20-,27-25-,28-26-,33-31-,34-32-,38-37-,43-41-,49-47-. The molecule has 0 aliphatic rings. The van der Waals surface area contributed by atoms with Crippen molar-refractivity contribution in [1.29, 1.82) is 0 Å². The average molecular weight is 1210 g/mol. The Bertz CT molecular complexity index is 1890. The summed E-state index contributed by atoms with van der Waals surface area (Å²) < 4.78 is 22.8. The van der Waals surface area contributed by atoms with Crippen molar-refractivity contribution < 1.29 is 42.9 Å². The van der Waals surface area contributed by atoms with E-state index in [1.807, 2.05) is 21.1 Å². The van der Waals surface area contributed by atoms with Crippen LogP contribution in [0.25, 0.3) is 0 Å². The Labute approximate surface area is 535 Å². The van der Waals surface area contributed by atoms with E-state index in [9.17, 15) is 19.5 Å². The van der Waals surface area contributed by atoms with Crippen molar-refractivity contribution in [2.45, 2.75) is 296 Å². The van der Waals surface area contributed by atoms with Gasteiger partial charge >= 0.3 is 11.9 Å². The molecule has 0 heterocycles. The van der Waals surface area contributed by atoms with Crippen LogP contribution in [0, 0.1) is 0 Å². The number of rotatable bonds is 64. The first kappa shape index (κ1) is 82.4. The SMILES string of the molecule is CC/C=C\C/C=C\C/C=C\C/C=C\C/C=C\C/C=C\C/C=C\C/C=C\CCCCCCCCCCC(=O)OC(COC(=O)CCCCCCCCCCCCCCCC/C=C\C/C=C\C/C=C\CCCCCCC)COC(OCC[N+](C)(C)C)C(=O)[O-]. The molecule has 0 spiro atoms. The van der Waals surface area contributed by atoms with E-state index in [0.717, 1.165) is 109 Å². The number of unbranched alkanes of at least 4 members (excludes halogenated alkanes) is 27. The van der Waals surface area contributed by atoms with Crippen molar-refractivity contribution in [2.75, 3.05) is 47.5 Å². The molecule has 2 unspecified atom stereocenters. The Morgan fingerprint density at radius 3 is 0.977 bits per heavy atom. The number of ether oxygens (including phenoxy) is 4. The Kier molecular flexibility index (Phi) is 63.8. The van der Waals surface area contributed by atoms with Crippen molar-refractivity contribution >= 4 is 17.9 Å². The quantitative estimate of drug-likeness (QED) is 0.0195. The number of nitrogens with zero attached hydrogens (tertiary/aromatic N) is 1. The second-order valence-corrected chi connectivity index (χ2v) is 24.4. The Morgan fingerprint density at radius 1 is 0.356 bits per heavy atom. The molecule has 0 aromatic rings. The summed E-state index contributed by atoms with van der Waals surface area (Å²) in [7, 11) is 5.92. The zero-order valence-electron chi connectivity index (χ0n) is 56.6. The number of allylic oxidation sites excluding steroid dienone is 22. The van der Waals surface area contributed by atoms with Gasteiger partial charge in [0.15, 0.2) is 12.4 Å². The van der Waals surface area contributed by atoms with E-state index in [0.29, 0.717) is 17.4 Å². The first-order valence-electron chi connectivity index (χ1n) is 35.3. The third-order valence-corrected chi connectivity index (χ3v) is 14.9. The largest absolute Gasteiger partial charge is 0.545 e. The van der Waals surface area contributed by atoms with Crippen LogP contribution in [0.1, 0.15) is 284 Å². The molecule has 87 heavy (non-hydrogen) atoms. The molecule has 2 atom stereocenters. The molecule has 0 rings (SSSR count). The van der Waals surface area contributed by atoms with E-state index in [2.05, 4.69) is 148 Å². The second kappa shape index (κ2) is 67.4. The molecule has 0 aromatic heterocycles. The van der Waals surface area contributed by atoms with E-state index in [1.54, 1.807) is 0 Å². The van der Waals surface area contributed by atoms with E-state index >= 15 is 0 Å². The fraction of sp³-hybridized carbons (Fsp3) is 0.679. The predicted octanol–water partition coefficient (Wildman–Crippen LogP) is 20.8. The summed E-state index contributed by atoms with van der Waals surface area (Å²) in [4.78, 5) is 37.5. The molecule has 9 heteroatoms. The number of quaternary nitrogens is 1. The minimum Gasteiger partial charge on any atom is -0.545 e. The van der Waals surface area contributed by atoms with Gasteiger partial charge in [-0.25, -0.2) is 0 Å². The predicted molar refractivity (Wildman–Crippen MR) is 370 cm³/mol. The first-order valence-corrected chi connectivity index (χ1v) is 35.3. The van der Waals surface area contributed by atoms with Crippen LogP contribution >= 0.6 is 0 Å². The van der Waals surface area contributed by atoms with Crippen LogP contribution in [0.5, 0.6) is 0 Å². The molecule has 0 radical (unpaired) electrons. The third kappa shape index (κ3) is 68.8. The first-order chi connectivity index (χ1) is 42.6. The maximum absolute atomic E-state index is 12.9. The molecule has 0 bridgehead atoms. The monoisotopic (exact) mass is 1210 g/mol. The number of carbonyl (C=O) groups excluding carboxylic acids is 3. The van der Waals surface area contributed by atoms with Gasteiger partial charge < -0.3 is 33.3 Å². The molecule has 0 N–H and O–H groups in total. The highest BCUT2D eigenvalue weighted by Crippen LogP contribution is 2.16. The summed E-state index contributed by atoms with van der Waals surface area (Å²) in [5, 5.41) is 11.8. The number of carboxylic acids is 1. The molecular formula is C78H131NO8. The number of esters is 2. The highest BCUT2D eigenvalue weighted by molar-refractivity contribution is 5.70. The Balaban J connectivity index is 4.18. The van der Waals surface area contributed by atoms with E-state index in [1.165, 1.54) is 141 Å². The summed E-state index contributed by atoms with van der Waals surface area (Å²) in [5.74, 6) is -2.30. The van der Waals surface area contributed by atoms with Gasteiger partial charge in [0, 0.05) is 12.8 Å². The maximum atomic E-state index is 12.9. The molecule has 0 amide bonds. The lowest BCUT2D eigenvalue weighted by atomic mass is 10.0. The average Bonchev–Trinajstić information content (AvgIpc) is 3.59. The zero-order chi connectivity index (χ0) is 63.3. The molecule has 0 fully saturated rings. The van der Waals surface area contributed by atoms with Crippen molar-refractivity contribution in [3.8, 4) is 0 Å². The van der Waals surface area contributed by atoms with Gasteiger partial charge in [-0.3, -0.25) is 9.59 Å². The van der Waals surface area contributed by atoms with Crippen molar-refractivity contribution in [3.63, 3.8) is 0 Å². The minimum atomic E-state index is -1.63. The molecule has 0 saturated heterocycles. The van der Waals surface area contributed by atoms with Crippen LogP contribution in [0.4, 0.5) is 0 Å². The summed E-state index contributed by atoms with van der Waals surface area (Å²) in [6.45, 7) is 4.62. The summed E-state index contributed by atoms with van der Waals surface area (Å²) in [5.41, 5.74) is 0. The van der Waals surface area contributed by atoms with Crippen LogP contribution in [0.15, 0.2) is 134 Å². The van der Waals surface area contributed by atoms with Gasteiger partial charge in [-0.2, -0.15) is 0 Å². The van der Waals surface area contributed by atoms with Crippen LogP contribution < -0.4 is 5.11 Å². The van der Waals surface area contributed by atoms with Gasteiger partial charge in [0.05, 0.1) is 40.3 Å². The summed E-state index contributed by atoms with van der Waals surface area (Å²) >= 11 is 0. The van der Waals surface area contributed by atoms with E-state index in [-0.39, 0.29) is 38.6 Å². The fourth-order valence-corrected chi connectivity index (χ4v) is 9.50. The second-order valence-electron chi connectivity index (χ2n) is 24.4.